The van der Waals surface area contributed by atoms with Gasteiger partial charge < -0.3 is 10.1 Å². The lowest BCUT2D eigenvalue weighted by Gasteiger charge is -2.11. The standard InChI is InChI=1S/C13H15N7O/c1-21-10-5-3-2-4-8(10)6-15-11-9-7-16-20-12(9)18-13(17-11)19-14/h2-5,7H,6,14H2,1H3,(H3,15,16,17,18,19,20). The van der Waals surface area contributed by atoms with Crippen LogP contribution in [-0.2, 0) is 6.54 Å². The first-order valence-corrected chi connectivity index (χ1v) is 6.35. The zero-order valence-electron chi connectivity index (χ0n) is 11.4. The van der Waals surface area contributed by atoms with Crippen LogP contribution in [0.3, 0.4) is 0 Å². The van der Waals surface area contributed by atoms with E-state index >= 15 is 0 Å². The van der Waals surface area contributed by atoms with Gasteiger partial charge in [-0.25, -0.2) is 5.84 Å². The highest BCUT2D eigenvalue weighted by Crippen LogP contribution is 2.22. The Morgan fingerprint density at radius 3 is 2.95 bits per heavy atom. The number of nitrogens with zero attached hydrogens (tertiary/aromatic N) is 3. The number of aromatic nitrogens is 4. The van der Waals surface area contributed by atoms with E-state index in [0.717, 1.165) is 16.7 Å². The average Bonchev–Trinajstić information content (AvgIpc) is 3.01. The van der Waals surface area contributed by atoms with Crippen molar-refractivity contribution < 1.29 is 4.74 Å². The number of para-hydroxylation sites is 1. The third-order valence-electron chi connectivity index (χ3n) is 3.08. The Kier molecular flexibility index (Phi) is 3.52. The number of methoxy groups -OCH3 is 1. The van der Waals surface area contributed by atoms with Crippen molar-refractivity contribution in [3.63, 3.8) is 0 Å². The fourth-order valence-electron chi connectivity index (χ4n) is 2.06. The average molecular weight is 285 g/mol. The number of H-pyrrole nitrogens is 1. The van der Waals surface area contributed by atoms with Gasteiger partial charge in [-0.05, 0) is 6.07 Å². The Balaban J connectivity index is 1.89. The summed E-state index contributed by atoms with van der Waals surface area (Å²) in [5.74, 6) is 7.15. The normalized spacial score (nSPS) is 10.6. The third-order valence-corrected chi connectivity index (χ3v) is 3.08. The Bertz CT molecular complexity index is 755. The quantitative estimate of drug-likeness (QED) is 0.412. The lowest BCUT2D eigenvalue weighted by Crippen LogP contribution is -2.12. The van der Waals surface area contributed by atoms with Crippen LogP contribution in [0.2, 0.25) is 0 Å². The first-order valence-electron chi connectivity index (χ1n) is 6.35. The van der Waals surface area contributed by atoms with Gasteiger partial charge in [-0.2, -0.15) is 15.1 Å². The van der Waals surface area contributed by atoms with Gasteiger partial charge in [0.15, 0.2) is 5.65 Å². The molecule has 0 fully saturated rings. The summed E-state index contributed by atoms with van der Waals surface area (Å²) in [6.45, 7) is 0.561. The maximum absolute atomic E-state index is 5.37. The maximum atomic E-state index is 5.37. The second-order valence-electron chi connectivity index (χ2n) is 4.34. The number of hydrogen-bond donors (Lipinski definition) is 4. The van der Waals surface area contributed by atoms with Gasteiger partial charge in [0, 0.05) is 12.1 Å². The van der Waals surface area contributed by atoms with Crippen LogP contribution in [0.15, 0.2) is 30.5 Å². The minimum atomic E-state index is 0.314. The summed E-state index contributed by atoms with van der Waals surface area (Å²) in [5, 5.41) is 10.8. The van der Waals surface area contributed by atoms with Crippen molar-refractivity contribution in [2.24, 2.45) is 5.84 Å². The summed E-state index contributed by atoms with van der Waals surface area (Å²) in [6.07, 6.45) is 1.67. The molecule has 0 unspecified atom stereocenters. The van der Waals surface area contributed by atoms with Crippen LogP contribution in [-0.4, -0.2) is 27.3 Å². The van der Waals surface area contributed by atoms with E-state index in [1.807, 2.05) is 24.3 Å². The van der Waals surface area contributed by atoms with Gasteiger partial charge in [0.1, 0.15) is 11.6 Å². The van der Waals surface area contributed by atoms with E-state index in [0.29, 0.717) is 24.0 Å². The van der Waals surface area contributed by atoms with Gasteiger partial charge >= 0.3 is 0 Å². The van der Waals surface area contributed by atoms with E-state index in [4.69, 9.17) is 10.6 Å². The minimum absolute atomic E-state index is 0.314. The molecule has 0 aliphatic carbocycles. The maximum Gasteiger partial charge on any atom is 0.241 e. The summed E-state index contributed by atoms with van der Waals surface area (Å²) in [6, 6.07) is 7.79. The molecule has 3 rings (SSSR count). The fourth-order valence-corrected chi connectivity index (χ4v) is 2.06. The monoisotopic (exact) mass is 285 g/mol. The molecule has 0 saturated heterocycles. The molecule has 0 atom stereocenters. The number of fused-ring (bicyclic) bond motifs is 1. The second kappa shape index (κ2) is 5.63. The van der Waals surface area contributed by atoms with Crippen LogP contribution in [0.4, 0.5) is 11.8 Å². The number of aromatic amines is 1. The lowest BCUT2D eigenvalue weighted by molar-refractivity contribution is 0.410. The van der Waals surface area contributed by atoms with E-state index in [9.17, 15) is 0 Å². The van der Waals surface area contributed by atoms with Crippen LogP contribution >= 0.6 is 0 Å². The molecule has 0 radical (unpaired) electrons. The zero-order valence-corrected chi connectivity index (χ0v) is 11.4. The molecule has 2 aromatic heterocycles. The van der Waals surface area contributed by atoms with Crippen molar-refractivity contribution in [3.8, 4) is 5.75 Å². The molecular weight excluding hydrogens is 270 g/mol. The Morgan fingerprint density at radius 2 is 2.14 bits per heavy atom. The predicted molar refractivity (Wildman–Crippen MR) is 79.8 cm³/mol. The van der Waals surface area contributed by atoms with Crippen LogP contribution in [0.5, 0.6) is 5.75 Å². The Labute approximate surface area is 120 Å². The van der Waals surface area contributed by atoms with Crippen LogP contribution in [0.1, 0.15) is 5.56 Å². The smallest absolute Gasteiger partial charge is 0.241 e. The molecule has 5 N–H and O–H groups in total. The molecule has 0 aliphatic heterocycles. The van der Waals surface area contributed by atoms with Crippen molar-refractivity contribution in [2.45, 2.75) is 6.54 Å². The number of rotatable bonds is 5. The first kappa shape index (κ1) is 13.1. The number of nitrogens with one attached hydrogen (secondary N) is 3. The number of benzene rings is 1. The topological polar surface area (TPSA) is 114 Å². The molecule has 0 bridgehead atoms. The Morgan fingerprint density at radius 1 is 1.29 bits per heavy atom. The predicted octanol–water partition coefficient (Wildman–Crippen LogP) is 1.26. The number of anilines is 2. The zero-order chi connectivity index (χ0) is 14.7. The molecule has 0 saturated carbocycles. The van der Waals surface area contributed by atoms with Crippen LogP contribution in [0, 0.1) is 0 Å². The van der Waals surface area contributed by atoms with Gasteiger partial charge in [0.05, 0.1) is 18.7 Å². The molecule has 108 valence electrons. The van der Waals surface area contributed by atoms with Gasteiger partial charge in [-0.3, -0.25) is 10.5 Å². The number of nitrogens with two attached hydrogens (primary N) is 1. The van der Waals surface area contributed by atoms with E-state index < -0.39 is 0 Å². The van der Waals surface area contributed by atoms with Crippen molar-refractivity contribution in [2.75, 3.05) is 17.9 Å². The number of hydrogen-bond acceptors (Lipinski definition) is 7. The van der Waals surface area contributed by atoms with Crippen LogP contribution < -0.4 is 21.3 Å². The van der Waals surface area contributed by atoms with Gasteiger partial charge in [0.2, 0.25) is 5.95 Å². The molecule has 1 aromatic carbocycles. The summed E-state index contributed by atoms with van der Waals surface area (Å²) in [5.41, 5.74) is 4.07. The van der Waals surface area contributed by atoms with Crippen LogP contribution in [0.25, 0.3) is 11.0 Å². The van der Waals surface area contributed by atoms with Crippen molar-refractivity contribution in [3.05, 3.63) is 36.0 Å². The highest BCUT2D eigenvalue weighted by molar-refractivity contribution is 5.86. The molecule has 21 heavy (non-hydrogen) atoms. The molecule has 0 amide bonds. The highest BCUT2D eigenvalue weighted by Gasteiger charge is 2.09. The van der Waals surface area contributed by atoms with Gasteiger partial charge in [0.25, 0.3) is 0 Å². The van der Waals surface area contributed by atoms with E-state index in [2.05, 4.69) is 30.9 Å². The largest absolute Gasteiger partial charge is 0.496 e. The molecule has 2 heterocycles. The van der Waals surface area contributed by atoms with Crippen molar-refractivity contribution in [1.82, 2.24) is 20.2 Å². The summed E-state index contributed by atoms with van der Waals surface area (Å²) >= 11 is 0. The van der Waals surface area contributed by atoms with Gasteiger partial charge in [-0.1, -0.05) is 18.2 Å². The van der Waals surface area contributed by atoms with Gasteiger partial charge in [-0.15, -0.1) is 0 Å². The molecule has 8 heteroatoms. The minimum Gasteiger partial charge on any atom is -0.496 e. The molecule has 3 aromatic rings. The first-order chi connectivity index (χ1) is 10.3. The number of ether oxygens (including phenoxy) is 1. The summed E-state index contributed by atoms with van der Waals surface area (Å²) in [7, 11) is 1.65. The SMILES string of the molecule is COc1ccccc1CNc1nc(NN)nc2[nH]ncc12. The lowest BCUT2D eigenvalue weighted by atomic mass is 10.2. The Hall–Kier alpha value is -2.87. The fraction of sp³-hybridized carbons (Fsp3) is 0.154. The van der Waals surface area contributed by atoms with E-state index in [1.54, 1.807) is 13.3 Å². The summed E-state index contributed by atoms with van der Waals surface area (Å²) < 4.78 is 5.33. The summed E-state index contributed by atoms with van der Waals surface area (Å²) in [4.78, 5) is 8.48. The van der Waals surface area contributed by atoms with E-state index in [-0.39, 0.29) is 0 Å². The molecule has 0 spiro atoms. The molecular formula is C13H15N7O. The molecule has 8 nitrogen and oxygen atoms in total. The second-order valence-corrected chi connectivity index (χ2v) is 4.34. The number of nitrogen functional groups attached to an aromatic ring is 1. The molecule has 0 aliphatic rings. The van der Waals surface area contributed by atoms with Crippen molar-refractivity contribution in [1.29, 1.82) is 0 Å². The third kappa shape index (κ3) is 2.56. The van der Waals surface area contributed by atoms with E-state index in [1.165, 1.54) is 0 Å². The number of hydrazine groups is 1. The van der Waals surface area contributed by atoms with Crippen molar-refractivity contribution >= 4 is 22.8 Å². The highest BCUT2D eigenvalue weighted by atomic mass is 16.5.